The molecular formula is C22H45N5O. The topological polar surface area (TPSA) is 63.1 Å². The normalized spacial score (nSPS) is 22.8. The first-order valence-corrected chi connectivity index (χ1v) is 11.7. The Morgan fingerprint density at radius 1 is 1.04 bits per heavy atom. The lowest BCUT2D eigenvalue weighted by Gasteiger charge is -2.36. The zero-order chi connectivity index (χ0) is 20.2. The minimum atomic E-state index is 0.208. The third-order valence-electron chi connectivity index (χ3n) is 6.57. The van der Waals surface area contributed by atoms with Gasteiger partial charge in [-0.05, 0) is 44.1 Å². The summed E-state index contributed by atoms with van der Waals surface area (Å²) in [6, 6.07) is 0. The Morgan fingerprint density at radius 3 is 2.32 bits per heavy atom. The zero-order valence-corrected chi connectivity index (χ0v) is 18.7. The molecule has 0 aromatic carbocycles. The summed E-state index contributed by atoms with van der Waals surface area (Å²) in [6.07, 6.45) is 7.19. The quantitative estimate of drug-likeness (QED) is 0.391. The highest BCUT2D eigenvalue weighted by Crippen LogP contribution is 2.39. The average Bonchev–Trinajstić information content (AvgIpc) is 2.71. The van der Waals surface area contributed by atoms with Gasteiger partial charge in [-0.3, -0.25) is 4.99 Å². The van der Waals surface area contributed by atoms with Crippen LogP contribution in [0.4, 0.5) is 0 Å². The van der Waals surface area contributed by atoms with E-state index in [2.05, 4.69) is 41.2 Å². The molecule has 1 saturated carbocycles. The number of piperazine rings is 1. The Bertz CT molecular complexity index is 437. The van der Waals surface area contributed by atoms with Gasteiger partial charge in [-0.2, -0.15) is 0 Å². The number of nitrogens with zero attached hydrogens (tertiary/aromatic N) is 3. The standard InChI is InChI=1S/C22H45N5O/c1-4-23-21(25-19-22(11-16-28)9-7-6-8-10-22)24-17-20(3)18-27-14-12-26(5-2)13-15-27/h20,28H,4-19H2,1-3H3,(H2,23,24,25). The molecule has 6 heteroatoms. The lowest BCUT2D eigenvalue weighted by atomic mass is 9.72. The van der Waals surface area contributed by atoms with Crippen LogP contribution in [0.1, 0.15) is 59.3 Å². The fraction of sp³-hybridized carbons (Fsp3) is 0.955. The van der Waals surface area contributed by atoms with Gasteiger partial charge in [0, 0.05) is 59.0 Å². The van der Waals surface area contributed by atoms with Crippen LogP contribution in [-0.2, 0) is 0 Å². The molecule has 3 N–H and O–H groups in total. The van der Waals surface area contributed by atoms with Crippen molar-refractivity contribution in [2.24, 2.45) is 16.3 Å². The Hall–Kier alpha value is -0.850. The summed E-state index contributed by atoms with van der Waals surface area (Å²) in [5, 5.41) is 16.5. The van der Waals surface area contributed by atoms with Crippen LogP contribution in [-0.4, -0.2) is 86.4 Å². The number of likely N-dealkylation sites (N-methyl/N-ethyl adjacent to an activating group) is 1. The van der Waals surface area contributed by atoms with Gasteiger partial charge in [0.25, 0.3) is 0 Å². The third kappa shape index (κ3) is 7.88. The minimum Gasteiger partial charge on any atom is -0.396 e. The van der Waals surface area contributed by atoms with Crippen LogP contribution >= 0.6 is 0 Å². The van der Waals surface area contributed by atoms with Crippen LogP contribution in [0.3, 0.4) is 0 Å². The van der Waals surface area contributed by atoms with Gasteiger partial charge in [0.2, 0.25) is 0 Å². The van der Waals surface area contributed by atoms with Crippen LogP contribution in [0.15, 0.2) is 4.99 Å². The Kier molecular flexibility index (Phi) is 10.6. The fourth-order valence-corrected chi connectivity index (χ4v) is 4.68. The van der Waals surface area contributed by atoms with Gasteiger partial charge in [-0.15, -0.1) is 0 Å². The number of nitrogens with one attached hydrogen (secondary N) is 2. The van der Waals surface area contributed by atoms with Gasteiger partial charge >= 0.3 is 0 Å². The average molecular weight is 396 g/mol. The van der Waals surface area contributed by atoms with E-state index in [0.29, 0.717) is 5.92 Å². The smallest absolute Gasteiger partial charge is 0.191 e. The third-order valence-corrected chi connectivity index (χ3v) is 6.57. The van der Waals surface area contributed by atoms with E-state index in [4.69, 9.17) is 4.99 Å². The molecule has 2 rings (SSSR count). The minimum absolute atomic E-state index is 0.208. The van der Waals surface area contributed by atoms with Crippen LogP contribution in [0, 0.1) is 11.3 Å². The molecule has 1 atom stereocenters. The highest BCUT2D eigenvalue weighted by atomic mass is 16.3. The first kappa shape index (κ1) is 23.4. The predicted octanol–water partition coefficient (Wildman–Crippen LogP) is 2.15. The highest BCUT2D eigenvalue weighted by molar-refractivity contribution is 5.79. The summed E-state index contributed by atoms with van der Waals surface area (Å²) in [7, 11) is 0. The molecule has 1 aliphatic carbocycles. The van der Waals surface area contributed by atoms with Crippen molar-refractivity contribution in [1.82, 2.24) is 20.4 Å². The molecule has 0 bridgehead atoms. The van der Waals surface area contributed by atoms with Gasteiger partial charge < -0.3 is 25.5 Å². The van der Waals surface area contributed by atoms with E-state index in [9.17, 15) is 5.11 Å². The lowest BCUT2D eigenvalue weighted by molar-refractivity contribution is 0.124. The van der Waals surface area contributed by atoms with Gasteiger partial charge in [-0.1, -0.05) is 33.1 Å². The van der Waals surface area contributed by atoms with Crippen LogP contribution in [0.25, 0.3) is 0 Å². The van der Waals surface area contributed by atoms with E-state index >= 15 is 0 Å². The molecule has 6 nitrogen and oxygen atoms in total. The second-order valence-electron chi connectivity index (χ2n) is 8.95. The van der Waals surface area contributed by atoms with Crippen molar-refractivity contribution in [3.05, 3.63) is 0 Å². The van der Waals surface area contributed by atoms with Crippen LogP contribution in [0.5, 0.6) is 0 Å². The number of aliphatic hydroxyl groups excluding tert-OH is 1. The maximum absolute atomic E-state index is 9.53. The van der Waals surface area contributed by atoms with Gasteiger partial charge in [0.1, 0.15) is 0 Å². The lowest BCUT2D eigenvalue weighted by Crippen LogP contribution is -2.48. The second kappa shape index (κ2) is 12.7. The summed E-state index contributed by atoms with van der Waals surface area (Å²) >= 11 is 0. The number of guanidine groups is 1. The van der Waals surface area contributed by atoms with Crippen molar-refractivity contribution in [3.8, 4) is 0 Å². The molecule has 0 aromatic rings. The molecule has 164 valence electrons. The van der Waals surface area contributed by atoms with Crippen molar-refractivity contribution in [3.63, 3.8) is 0 Å². The van der Waals surface area contributed by atoms with Crippen molar-refractivity contribution in [1.29, 1.82) is 0 Å². The maximum Gasteiger partial charge on any atom is 0.191 e. The summed E-state index contributed by atoms with van der Waals surface area (Å²) in [4.78, 5) is 10.1. The molecule has 28 heavy (non-hydrogen) atoms. The van der Waals surface area contributed by atoms with E-state index in [1.54, 1.807) is 0 Å². The monoisotopic (exact) mass is 395 g/mol. The fourth-order valence-electron chi connectivity index (χ4n) is 4.68. The number of hydrogen-bond acceptors (Lipinski definition) is 4. The number of rotatable bonds is 10. The summed E-state index contributed by atoms with van der Waals surface area (Å²) in [5.74, 6) is 1.53. The van der Waals surface area contributed by atoms with E-state index < -0.39 is 0 Å². The number of aliphatic imine (C=N–C) groups is 1. The van der Waals surface area contributed by atoms with Crippen molar-refractivity contribution >= 4 is 5.96 Å². The highest BCUT2D eigenvalue weighted by Gasteiger charge is 2.31. The van der Waals surface area contributed by atoms with Crippen molar-refractivity contribution in [2.45, 2.75) is 59.3 Å². The largest absolute Gasteiger partial charge is 0.396 e. The zero-order valence-electron chi connectivity index (χ0n) is 18.7. The first-order chi connectivity index (χ1) is 13.6. The van der Waals surface area contributed by atoms with Crippen molar-refractivity contribution in [2.75, 3.05) is 65.5 Å². The summed E-state index contributed by atoms with van der Waals surface area (Å²) in [5.41, 5.74) is 0.208. The first-order valence-electron chi connectivity index (χ1n) is 11.7. The van der Waals surface area contributed by atoms with E-state index in [-0.39, 0.29) is 12.0 Å². The molecule has 1 saturated heterocycles. The van der Waals surface area contributed by atoms with E-state index in [1.165, 1.54) is 64.8 Å². The molecule has 0 aromatic heterocycles. The Labute approximate surface area is 173 Å². The van der Waals surface area contributed by atoms with Crippen molar-refractivity contribution < 1.29 is 5.11 Å². The number of hydrogen-bond donors (Lipinski definition) is 3. The van der Waals surface area contributed by atoms with Gasteiger partial charge in [-0.25, -0.2) is 0 Å². The van der Waals surface area contributed by atoms with Crippen LogP contribution in [0.2, 0.25) is 0 Å². The Morgan fingerprint density at radius 2 is 1.71 bits per heavy atom. The molecule has 2 aliphatic rings. The van der Waals surface area contributed by atoms with E-state index in [1.807, 2.05) is 0 Å². The molecule has 0 spiro atoms. The molecule has 0 amide bonds. The molecule has 1 aliphatic heterocycles. The van der Waals surface area contributed by atoms with Gasteiger partial charge in [0.05, 0.1) is 0 Å². The van der Waals surface area contributed by atoms with Crippen LogP contribution < -0.4 is 10.6 Å². The predicted molar refractivity (Wildman–Crippen MR) is 119 cm³/mol. The molecular weight excluding hydrogens is 350 g/mol. The summed E-state index contributed by atoms with van der Waals surface area (Å²) in [6.45, 7) is 16.8. The molecule has 1 unspecified atom stereocenters. The molecule has 0 radical (unpaired) electrons. The Balaban J connectivity index is 1.79. The maximum atomic E-state index is 9.53. The molecule has 1 heterocycles. The SMILES string of the molecule is CCNC(=NCC1(CCO)CCCCC1)NCC(C)CN1CCN(CC)CC1. The number of aliphatic hydroxyl groups is 1. The van der Waals surface area contributed by atoms with Gasteiger partial charge in [0.15, 0.2) is 5.96 Å². The summed E-state index contributed by atoms with van der Waals surface area (Å²) < 4.78 is 0. The second-order valence-corrected chi connectivity index (χ2v) is 8.95. The molecule has 2 fully saturated rings. The van der Waals surface area contributed by atoms with E-state index in [0.717, 1.165) is 38.6 Å².